The van der Waals surface area contributed by atoms with Gasteiger partial charge in [0.1, 0.15) is 0 Å². The van der Waals surface area contributed by atoms with Gasteiger partial charge in [-0.3, -0.25) is 0 Å². The van der Waals surface area contributed by atoms with Gasteiger partial charge in [-0.05, 0) is 19.9 Å². The fourth-order valence-corrected chi connectivity index (χ4v) is 1.83. The smallest absolute Gasteiger partial charge is 0.0945 e. The number of imidazole rings is 1. The Hall–Kier alpha value is -0.870. The van der Waals surface area contributed by atoms with Crippen LogP contribution in [0.25, 0.3) is 0 Å². The lowest BCUT2D eigenvalue weighted by Crippen LogP contribution is -2.43. The van der Waals surface area contributed by atoms with Crippen molar-refractivity contribution < 1.29 is 0 Å². The van der Waals surface area contributed by atoms with E-state index in [4.69, 9.17) is 0 Å². The van der Waals surface area contributed by atoms with Crippen molar-refractivity contribution in [2.75, 3.05) is 13.1 Å². The summed E-state index contributed by atoms with van der Waals surface area (Å²) in [7, 11) is 2.03. The predicted octanol–water partition coefficient (Wildman–Crippen LogP) is 0.262. The molecule has 4 nitrogen and oxygen atoms in total. The molecule has 0 saturated carbocycles. The standard InChI is InChI=1S/C10H18N4/c1-10(3-4-11-7-10)13-6-9-5-12-8-14(9)2/h5,8,11,13H,3-4,6-7H2,1-2H3. The first-order valence-electron chi connectivity index (χ1n) is 5.11. The van der Waals surface area contributed by atoms with Crippen LogP contribution in [0.3, 0.4) is 0 Å². The van der Waals surface area contributed by atoms with Crippen LogP contribution in [0, 0.1) is 0 Å². The van der Waals surface area contributed by atoms with Gasteiger partial charge in [0.15, 0.2) is 0 Å². The summed E-state index contributed by atoms with van der Waals surface area (Å²) in [6.45, 7) is 5.35. The van der Waals surface area contributed by atoms with E-state index in [1.807, 2.05) is 19.6 Å². The first kappa shape index (κ1) is 9.68. The van der Waals surface area contributed by atoms with E-state index in [1.54, 1.807) is 0 Å². The van der Waals surface area contributed by atoms with E-state index in [0.29, 0.717) is 0 Å². The van der Waals surface area contributed by atoms with Crippen LogP contribution in [0.2, 0.25) is 0 Å². The van der Waals surface area contributed by atoms with Gasteiger partial charge in [-0.15, -0.1) is 0 Å². The van der Waals surface area contributed by atoms with Crippen LogP contribution in [-0.4, -0.2) is 28.2 Å². The van der Waals surface area contributed by atoms with Crippen molar-refractivity contribution in [2.24, 2.45) is 7.05 Å². The van der Waals surface area contributed by atoms with Crippen LogP contribution in [-0.2, 0) is 13.6 Å². The van der Waals surface area contributed by atoms with Crippen molar-refractivity contribution in [3.63, 3.8) is 0 Å². The molecule has 0 aromatic carbocycles. The number of hydrogen-bond donors (Lipinski definition) is 2. The number of nitrogens with one attached hydrogen (secondary N) is 2. The van der Waals surface area contributed by atoms with Crippen molar-refractivity contribution in [3.05, 3.63) is 18.2 Å². The highest BCUT2D eigenvalue weighted by Crippen LogP contribution is 2.13. The molecule has 2 rings (SSSR count). The Bertz CT molecular complexity index is 299. The third-order valence-electron chi connectivity index (χ3n) is 2.98. The molecule has 1 unspecified atom stereocenters. The highest BCUT2D eigenvalue weighted by atomic mass is 15.1. The molecular formula is C10H18N4. The van der Waals surface area contributed by atoms with Crippen LogP contribution in [0.4, 0.5) is 0 Å². The number of rotatable bonds is 3. The minimum Gasteiger partial charge on any atom is -0.337 e. The average Bonchev–Trinajstić information content (AvgIpc) is 2.73. The molecule has 14 heavy (non-hydrogen) atoms. The summed E-state index contributed by atoms with van der Waals surface area (Å²) >= 11 is 0. The minimum atomic E-state index is 0.254. The van der Waals surface area contributed by atoms with Crippen LogP contribution in [0.5, 0.6) is 0 Å². The monoisotopic (exact) mass is 194 g/mol. The summed E-state index contributed by atoms with van der Waals surface area (Å²) in [6.07, 6.45) is 4.95. The van der Waals surface area contributed by atoms with Gasteiger partial charge in [0, 0.05) is 31.9 Å². The Morgan fingerprint density at radius 3 is 3.14 bits per heavy atom. The van der Waals surface area contributed by atoms with E-state index in [0.717, 1.165) is 19.6 Å². The number of aromatic nitrogens is 2. The van der Waals surface area contributed by atoms with Crippen LogP contribution < -0.4 is 10.6 Å². The van der Waals surface area contributed by atoms with Crippen LogP contribution >= 0.6 is 0 Å². The molecule has 78 valence electrons. The molecule has 1 aliphatic heterocycles. The van der Waals surface area contributed by atoms with Crippen molar-refractivity contribution in [3.8, 4) is 0 Å². The van der Waals surface area contributed by atoms with Gasteiger partial charge in [0.2, 0.25) is 0 Å². The largest absolute Gasteiger partial charge is 0.337 e. The molecule has 1 aliphatic rings. The predicted molar refractivity (Wildman–Crippen MR) is 55.9 cm³/mol. The van der Waals surface area contributed by atoms with Crippen LogP contribution in [0.15, 0.2) is 12.5 Å². The Balaban J connectivity index is 1.91. The van der Waals surface area contributed by atoms with Gasteiger partial charge in [0.05, 0.1) is 12.0 Å². The summed E-state index contributed by atoms with van der Waals surface area (Å²) in [5.41, 5.74) is 1.49. The molecule has 4 heteroatoms. The van der Waals surface area contributed by atoms with Crippen molar-refractivity contribution in [1.29, 1.82) is 0 Å². The lowest BCUT2D eigenvalue weighted by atomic mass is 10.0. The van der Waals surface area contributed by atoms with E-state index in [1.165, 1.54) is 12.1 Å². The van der Waals surface area contributed by atoms with Gasteiger partial charge in [-0.2, -0.15) is 0 Å². The zero-order chi connectivity index (χ0) is 10.0. The van der Waals surface area contributed by atoms with E-state index in [9.17, 15) is 0 Å². The maximum absolute atomic E-state index is 4.10. The molecule has 0 bridgehead atoms. The molecule has 0 radical (unpaired) electrons. The molecule has 1 atom stereocenters. The van der Waals surface area contributed by atoms with Crippen molar-refractivity contribution in [1.82, 2.24) is 20.2 Å². The van der Waals surface area contributed by atoms with Crippen molar-refractivity contribution >= 4 is 0 Å². The number of hydrogen-bond acceptors (Lipinski definition) is 3. The second-order valence-electron chi connectivity index (χ2n) is 4.34. The molecule has 0 amide bonds. The lowest BCUT2D eigenvalue weighted by molar-refractivity contribution is 0.381. The first-order chi connectivity index (χ1) is 6.70. The average molecular weight is 194 g/mol. The fourth-order valence-electron chi connectivity index (χ4n) is 1.83. The maximum Gasteiger partial charge on any atom is 0.0945 e. The summed E-state index contributed by atoms with van der Waals surface area (Å²) in [6, 6.07) is 0. The van der Waals surface area contributed by atoms with Gasteiger partial charge >= 0.3 is 0 Å². The minimum absolute atomic E-state index is 0.254. The molecule has 0 aliphatic carbocycles. The van der Waals surface area contributed by atoms with E-state index < -0.39 is 0 Å². The van der Waals surface area contributed by atoms with Gasteiger partial charge in [-0.25, -0.2) is 4.98 Å². The molecule has 1 aromatic heterocycles. The Labute approximate surface area is 84.7 Å². The molecular weight excluding hydrogens is 176 g/mol. The highest BCUT2D eigenvalue weighted by molar-refractivity contribution is 5.00. The number of nitrogens with zero attached hydrogens (tertiary/aromatic N) is 2. The molecule has 1 saturated heterocycles. The third kappa shape index (κ3) is 1.96. The Kier molecular flexibility index (Phi) is 2.56. The second-order valence-corrected chi connectivity index (χ2v) is 4.34. The van der Waals surface area contributed by atoms with Gasteiger partial charge in [0.25, 0.3) is 0 Å². The summed E-state index contributed by atoms with van der Waals surface area (Å²) < 4.78 is 2.05. The van der Waals surface area contributed by atoms with E-state index >= 15 is 0 Å². The van der Waals surface area contributed by atoms with Crippen molar-refractivity contribution in [2.45, 2.75) is 25.4 Å². The second kappa shape index (κ2) is 3.71. The van der Waals surface area contributed by atoms with E-state index in [-0.39, 0.29) is 5.54 Å². The van der Waals surface area contributed by atoms with E-state index in [2.05, 4.69) is 27.1 Å². The lowest BCUT2D eigenvalue weighted by Gasteiger charge is -2.24. The molecule has 1 fully saturated rings. The molecule has 0 spiro atoms. The highest BCUT2D eigenvalue weighted by Gasteiger charge is 2.27. The molecule has 2 N–H and O–H groups in total. The SMILES string of the molecule is Cn1cncc1CNC1(C)CCNC1. The normalized spacial score (nSPS) is 27.0. The fraction of sp³-hybridized carbons (Fsp3) is 0.700. The third-order valence-corrected chi connectivity index (χ3v) is 2.98. The zero-order valence-corrected chi connectivity index (χ0v) is 8.88. The Morgan fingerprint density at radius 2 is 2.57 bits per heavy atom. The van der Waals surface area contributed by atoms with Gasteiger partial charge in [-0.1, -0.05) is 0 Å². The van der Waals surface area contributed by atoms with Gasteiger partial charge < -0.3 is 15.2 Å². The quantitative estimate of drug-likeness (QED) is 0.725. The summed E-state index contributed by atoms with van der Waals surface area (Å²) in [4.78, 5) is 4.10. The topological polar surface area (TPSA) is 41.9 Å². The first-order valence-corrected chi connectivity index (χ1v) is 5.11. The summed E-state index contributed by atoms with van der Waals surface area (Å²) in [5, 5.41) is 6.95. The summed E-state index contributed by atoms with van der Waals surface area (Å²) in [5.74, 6) is 0. The number of aryl methyl sites for hydroxylation is 1. The zero-order valence-electron chi connectivity index (χ0n) is 8.88. The maximum atomic E-state index is 4.10. The Morgan fingerprint density at radius 1 is 1.71 bits per heavy atom. The molecule has 1 aromatic rings. The molecule has 2 heterocycles. The van der Waals surface area contributed by atoms with Crippen LogP contribution in [0.1, 0.15) is 19.0 Å².